The van der Waals surface area contributed by atoms with Gasteiger partial charge in [0.1, 0.15) is 28.2 Å². The fourth-order valence-corrected chi connectivity index (χ4v) is 5.34. The third kappa shape index (κ3) is 8.69. The third-order valence-corrected chi connectivity index (χ3v) is 12.6. The van der Waals surface area contributed by atoms with E-state index < -0.39 is 19.7 Å². The fourth-order valence-electron chi connectivity index (χ4n) is 4.30. The lowest BCUT2D eigenvalue weighted by Crippen LogP contribution is -2.44. The van der Waals surface area contributed by atoms with Crippen LogP contribution in [0.4, 0.5) is 0 Å². The molecular weight excluding hydrogens is 584 g/mol. The Bertz CT molecular complexity index is 1670. The van der Waals surface area contributed by atoms with Gasteiger partial charge in [0.05, 0.1) is 12.5 Å². The van der Waals surface area contributed by atoms with Crippen molar-refractivity contribution in [1.82, 2.24) is 0 Å². The molecule has 0 spiro atoms. The highest BCUT2D eigenvalue weighted by Crippen LogP contribution is 2.43. The quantitative estimate of drug-likeness (QED) is 0.103. The molecule has 3 aromatic rings. The molecule has 0 saturated heterocycles. The molecule has 1 heterocycles. The van der Waals surface area contributed by atoms with E-state index in [1.165, 1.54) is 24.3 Å². The van der Waals surface area contributed by atoms with Gasteiger partial charge in [-0.2, -0.15) is 0 Å². The van der Waals surface area contributed by atoms with Crippen LogP contribution in [0.1, 0.15) is 80.7 Å². The monoisotopic (exact) mass is 634 g/mol. The summed E-state index contributed by atoms with van der Waals surface area (Å²) >= 11 is 0. The van der Waals surface area contributed by atoms with Crippen molar-refractivity contribution in [3.8, 4) is 34.3 Å². The third-order valence-electron chi connectivity index (χ3n) is 8.24. The normalized spacial score (nSPS) is 12.7. The highest BCUT2D eigenvalue weighted by atomic mass is 28.4. The Kier molecular flexibility index (Phi) is 10.9. The van der Waals surface area contributed by atoms with Gasteiger partial charge in [0.2, 0.25) is 8.32 Å². The van der Waals surface area contributed by atoms with Gasteiger partial charge in [-0.3, -0.25) is 9.59 Å². The number of carbonyl (C=O) groups excluding carboxylic acids is 1. The van der Waals surface area contributed by atoms with Crippen molar-refractivity contribution in [3.05, 3.63) is 69.4 Å². The van der Waals surface area contributed by atoms with Gasteiger partial charge in [-0.1, -0.05) is 44.1 Å². The minimum atomic E-state index is -2.33. The summed E-state index contributed by atoms with van der Waals surface area (Å²) in [5, 5.41) is 11.6. The molecule has 45 heavy (non-hydrogen) atoms. The lowest BCUT2D eigenvalue weighted by molar-refractivity contribution is -0.143. The Morgan fingerprint density at radius 2 is 1.62 bits per heavy atom. The number of hydrogen-bond donors (Lipinski definition) is 1. The van der Waals surface area contributed by atoms with E-state index in [1.54, 1.807) is 45.0 Å². The highest BCUT2D eigenvalue weighted by Gasteiger charge is 2.40. The average Bonchev–Trinajstić information content (AvgIpc) is 2.91. The molecule has 0 amide bonds. The maximum atomic E-state index is 13.5. The van der Waals surface area contributed by atoms with Crippen LogP contribution in [-0.4, -0.2) is 26.5 Å². The van der Waals surface area contributed by atoms with Crippen LogP contribution in [0.2, 0.25) is 18.1 Å². The van der Waals surface area contributed by atoms with Gasteiger partial charge < -0.3 is 23.4 Å². The molecule has 0 fully saturated rings. The Balaban J connectivity index is 2.15. The summed E-state index contributed by atoms with van der Waals surface area (Å²) in [4.78, 5) is 26.0. The van der Waals surface area contributed by atoms with Gasteiger partial charge in [-0.25, -0.2) is 0 Å². The number of benzene rings is 2. The molecule has 1 N–H and O–H groups in total. The van der Waals surface area contributed by atoms with Crippen molar-refractivity contribution in [2.75, 3.05) is 7.11 Å². The molecule has 2 aromatic carbocycles. The number of esters is 1. The van der Waals surface area contributed by atoms with E-state index in [1.807, 2.05) is 0 Å². The SMILES string of the molecule is COc1cc(-c2cc(=O)c3c(O)c(C/C=C(\C)CCC=C(C)C)c(O[Si](C)(C)C(C)(C)C)cc3o2)ccc1OC(=O)C(C)(C)C. The Morgan fingerprint density at radius 1 is 0.956 bits per heavy atom. The molecule has 0 aliphatic carbocycles. The number of ether oxygens (including phenoxy) is 2. The molecule has 0 unspecified atom stereocenters. The summed E-state index contributed by atoms with van der Waals surface area (Å²) in [6.07, 6.45) is 6.56. The van der Waals surface area contributed by atoms with Crippen molar-refractivity contribution in [1.29, 1.82) is 0 Å². The van der Waals surface area contributed by atoms with E-state index >= 15 is 0 Å². The highest BCUT2D eigenvalue weighted by molar-refractivity contribution is 6.74. The zero-order valence-electron chi connectivity index (χ0n) is 29.1. The summed E-state index contributed by atoms with van der Waals surface area (Å²) in [6, 6.07) is 8.05. The largest absolute Gasteiger partial charge is 0.543 e. The molecule has 7 nitrogen and oxygen atoms in total. The van der Waals surface area contributed by atoms with Crippen LogP contribution in [0.5, 0.6) is 23.0 Å². The number of fused-ring (bicyclic) bond motifs is 1. The van der Waals surface area contributed by atoms with E-state index in [2.05, 4.69) is 66.8 Å². The molecule has 0 bridgehead atoms. The van der Waals surface area contributed by atoms with Crippen molar-refractivity contribution in [2.45, 2.75) is 99.7 Å². The molecular formula is C37H50O7Si. The van der Waals surface area contributed by atoms with Crippen LogP contribution in [0.15, 0.2) is 62.8 Å². The molecule has 0 aliphatic heterocycles. The summed E-state index contributed by atoms with van der Waals surface area (Å²) in [5.41, 5.74) is 2.74. The molecule has 3 rings (SSSR count). The number of methoxy groups -OCH3 is 1. The maximum absolute atomic E-state index is 13.5. The van der Waals surface area contributed by atoms with Gasteiger partial charge >= 0.3 is 5.97 Å². The first-order chi connectivity index (χ1) is 20.7. The molecule has 0 atom stereocenters. The van der Waals surface area contributed by atoms with E-state index in [0.717, 1.165) is 12.8 Å². The minimum Gasteiger partial charge on any atom is -0.543 e. The topological polar surface area (TPSA) is 95.2 Å². The maximum Gasteiger partial charge on any atom is 0.316 e. The van der Waals surface area contributed by atoms with E-state index in [4.69, 9.17) is 18.3 Å². The Hall–Kier alpha value is -3.78. The smallest absolute Gasteiger partial charge is 0.316 e. The summed E-state index contributed by atoms with van der Waals surface area (Å²) in [6.45, 7) is 22.3. The lowest BCUT2D eigenvalue weighted by Gasteiger charge is -2.37. The first-order valence-corrected chi connectivity index (χ1v) is 18.4. The second kappa shape index (κ2) is 13.7. The Labute approximate surface area is 269 Å². The fraction of sp³-hybridized carbons (Fsp3) is 0.459. The summed E-state index contributed by atoms with van der Waals surface area (Å²) in [7, 11) is -0.853. The van der Waals surface area contributed by atoms with Gasteiger partial charge in [-0.15, -0.1) is 0 Å². The van der Waals surface area contributed by atoms with E-state index in [-0.39, 0.29) is 38.7 Å². The molecule has 0 radical (unpaired) electrons. The van der Waals surface area contributed by atoms with Crippen molar-refractivity contribution in [3.63, 3.8) is 0 Å². The molecule has 8 heteroatoms. The zero-order valence-corrected chi connectivity index (χ0v) is 30.1. The average molecular weight is 635 g/mol. The number of aromatic hydroxyl groups is 1. The molecule has 244 valence electrons. The van der Waals surface area contributed by atoms with Crippen LogP contribution in [0.3, 0.4) is 0 Å². The molecule has 0 aliphatic rings. The van der Waals surface area contributed by atoms with E-state index in [0.29, 0.717) is 29.0 Å². The number of carbonyl (C=O) groups is 1. The lowest BCUT2D eigenvalue weighted by atomic mass is 9.97. The number of phenolic OH excluding ortho intramolecular Hbond substituents is 1. The van der Waals surface area contributed by atoms with Gasteiger partial charge in [0, 0.05) is 23.3 Å². The first kappa shape index (κ1) is 35.7. The first-order valence-electron chi connectivity index (χ1n) is 15.5. The van der Waals surface area contributed by atoms with Crippen molar-refractivity contribution >= 4 is 25.3 Å². The summed E-state index contributed by atoms with van der Waals surface area (Å²) in [5.74, 6) is 0.851. The second-order valence-electron chi connectivity index (χ2n) is 14.5. The second-order valence-corrected chi connectivity index (χ2v) is 19.2. The number of rotatable bonds is 10. The predicted octanol–water partition coefficient (Wildman–Crippen LogP) is 9.74. The predicted molar refractivity (Wildman–Crippen MR) is 185 cm³/mol. The van der Waals surface area contributed by atoms with Gasteiger partial charge in [0.25, 0.3) is 0 Å². The zero-order chi connectivity index (χ0) is 33.9. The summed E-state index contributed by atoms with van der Waals surface area (Å²) < 4.78 is 24.1. The Morgan fingerprint density at radius 3 is 2.20 bits per heavy atom. The standard InChI is InChI=1S/C37H50O7Si/c1-23(2)14-13-15-24(3)16-18-26-30(44-45(11,12)37(7,8)9)22-32-33(34(26)39)27(38)21-29(42-32)25-17-19-28(31(20-25)41-10)43-35(40)36(4,5)6/h14,16-17,19-22,39H,13,15,18H2,1-12H3/b24-16+. The van der Waals surface area contributed by atoms with Gasteiger partial charge in [0.15, 0.2) is 16.9 Å². The van der Waals surface area contributed by atoms with Crippen LogP contribution >= 0.6 is 0 Å². The molecule has 1 aromatic heterocycles. The van der Waals surface area contributed by atoms with Crippen LogP contribution in [0, 0.1) is 5.41 Å². The number of phenols is 1. The van der Waals surface area contributed by atoms with Crippen molar-refractivity contribution < 1.29 is 28.2 Å². The molecule has 0 saturated carbocycles. The van der Waals surface area contributed by atoms with Crippen LogP contribution in [0.25, 0.3) is 22.3 Å². The number of hydrogen-bond acceptors (Lipinski definition) is 7. The van der Waals surface area contributed by atoms with Gasteiger partial charge in [-0.05, 0) is 97.1 Å². The number of allylic oxidation sites excluding steroid dienone is 4. The van der Waals surface area contributed by atoms with Crippen LogP contribution in [-0.2, 0) is 11.2 Å². The van der Waals surface area contributed by atoms with Crippen LogP contribution < -0.4 is 19.3 Å². The minimum absolute atomic E-state index is 0.0949. The van der Waals surface area contributed by atoms with Crippen molar-refractivity contribution in [2.24, 2.45) is 5.41 Å². The van der Waals surface area contributed by atoms with E-state index in [9.17, 15) is 14.7 Å².